The Balaban J connectivity index is 1.47. The van der Waals surface area contributed by atoms with Gasteiger partial charge in [-0.3, -0.25) is 4.79 Å². The van der Waals surface area contributed by atoms with E-state index < -0.39 is 15.6 Å². The van der Waals surface area contributed by atoms with E-state index >= 15 is 0 Å². The van der Waals surface area contributed by atoms with Gasteiger partial charge in [-0.25, -0.2) is 17.5 Å². The monoisotopic (exact) mass is 443 g/mol. The zero-order chi connectivity index (χ0) is 22.1. The third-order valence-corrected chi connectivity index (χ3v) is 7.87. The van der Waals surface area contributed by atoms with E-state index in [1.165, 1.54) is 10.6 Å². The van der Waals surface area contributed by atoms with Gasteiger partial charge < -0.3 is 14.5 Å². The second-order valence-electron chi connectivity index (χ2n) is 10.1. The van der Waals surface area contributed by atoms with Crippen LogP contribution in [0.4, 0.5) is 4.79 Å². The van der Waals surface area contributed by atoms with Gasteiger partial charge in [-0.05, 0) is 64.7 Å². The second kappa shape index (κ2) is 9.02. The molecular weight excluding hydrogens is 406 g/mol. The van der Waals surface area contributed by atoms with E-state index in [0.29, 0.717) is 24.9 Å². The molecule has 30 heavy (non-hydrogen) atoms. The fourth-order valence-corrected chi connectivity index (χ4v) is 5.87. The molecule has 3 saturated heterocycles. The van der Waals surface area contributed by atoms with Gasteiger partial charge in [0.15, 0.2) is 0 Å². The van der Waals surface area contributed by atoms with Crippen molar-refractivity contribution in [2.75, 3.05) is 45.5 Å². The summed E-state index contributed by atoms with van der Waals surface area (Å²) in [5, 5.41) is 0. The van der Waals surface area contributed by atoms with E-state index in [1.54, 1.807) is 0 Å². The number of nitrogens with zero attached hydrogens (tertiary/aromatic N) is 3. The minimum Gasteiger partial charge on any atom is -0.444 e. The summed E-state index contributed by atoms with van der Waals surface area (Å²) in [6.45, 7) is 9.39. The van der Waals surface area contributed by atoms with Crippen molar-refractivity contribution in [3.8, 4) is 0 Å². The van der Waals surface area contributed by atoms with Gasteiger partial charge in [-0.15, -0.1) is 0 Å². The number of rotatable bonds is 3. The van der Waals surface area contributed by atoms with Crippen LogP contribution in [0.1, 0.15) is 52.9 Å². The number of amides is 2. The Kier molecular flexibility index (Phi) is 7.01. The van der Waals surface area contributed by atoms with Crippen molar-refractivity contribution in [1.82, 2.24) is 14.1 Å². The number of hydrogen-bond donors (Lipinski definition) is 0. The Bertz CT molecular complexity index is 740. The largest absolute Gasteiger partial charge is 0.444 e. The summed E-state index contributed by atoms with van der Waals surface area (Å²) >= 11 is 0. The number of ether oxygens (including phenoxy) is 1. The van der Waals surface area contributed by atoms with Crippen molar-refractivity contribution >= 4 is 22.0 Å². The molecule has 0 N–H and O–H groups in total. The first-order valence-electron chi connectivity index (χ1n) is 11.2. The van der Waals surface area contributed by atoms with E-state index in [1.807, 2.05) is 30.6 Å². The Morgan fingerprint density at radius 1 is 0.867 bits per heavy atom. The van der Waals surface area contributed by atoms with Crippen molar-refractivity contribution in [2.45, 2.75) is 58.5 Å². The standard InChI is InChI=1S/C21H37N3O5S/c1-21(2,3)29-20(26)23-13-9-17(14-23)16-7-11-22(12-8-16)19(25)18-6-5-10-24(15-18)30(4,27)28/h16-18H,5-15H2,1-4H3/t17-,18-/m1/s1. The van der Waals surface area contributed by atoms with Crippen molar-refractivity contribution < 1.29 is 22.7 Å². The van der Waals surface area contributed by atoms with E-state index in [9.17, 15) is 18.0 Å². The Hall–Kier alpha value is -1.35. The van der Waals surface area contributed by atoms with Crippen LogP contribution in [0.3, 0.4) is 0 Å². The molecule has 0 aliphatic carbocycles. The molecule has 0 radical (unpaired) electrons. The van der Waals surface area contributed by atoms with Gasteiger partial charge in [-0.1, -0.05) is 0 Å². The van der Waals surface area contributed by atoms with Gasteiger partial charge in [0.1, 0.15) is 5.60 Å². The Morgan fingerprint density at radius 3 is 2.07 bits per heavy atom. The quantitative estimate of drug-likeness (QED) is 0.667. The molecular formula is C21H37N3O5S. The zero-order valence-electron chi connectivity index (χ0n) is 18.8. The zero-order valence-corrected chi connectivity index (χ0v) is 19.6. The lowest BCUT2D eigenvalue weighted by Gasteiger charge is -2.38. The number of sulfonamides is 1. The normalized spacial score (nSPS) is 27.3. The lowest BCUT2D eigenvalue weighted by atomic mass is 9.83. The van der Waals surface area contributed by atoms with Crippen LogP contribution < -0.4 is 0 Å². The summed E-state index contributed by atoms with van der Waals surface area (Å²) in [4.78, 5) is 29.0. The number of likely N-dealkylation sites (tertiary alicyclic amines) is 2. The molecule has 3 aliphatic rings. The van der Waals surface area contributed by atoms with Crippen LogP contribution in [0, 0.1) is 17.8 Å². The van der Waals surface area contributed by atoms with Gasteiger partial charge in [0.25, 0.3) is 0 Å². The number of hydrogen-bond acceptors (Lipinski definition) is 5. The van der Waals surface area contributed by atoms with Gasteiger partial charge >= 0.3 is 6.09 Å². The van der Waals surface area contributed by atoms with E-state index in [0.717, 1.165) is 58.3 Å². The lowest BCUT2D eigenvalue weighted by Crippen LogP contribution is -2.48. The van der Waals surface area contributed by atoms with Gasteiger partial charge in [0, 0.05) is 39.3 Å². The maximum Gasteiger partial charge on any atom is 0.410 e. The predicted molar refractivity (Wildman–Crippen MR) is 114 cm³/mol. The molecule has 0 spiro atoms. The summed E-state index contributed by atoms with van der Waals surface area (Å²) < 4.78 is 30.6. The topological polar surface area (TPSA) is 87.2 Å². The molecule has 0 aromatic rings. The van der Waals surface area contributed by atoms with Crippen molar-refractivity contribution in [2.24, 2.45) is 17.8 Å². The Labute approximate surface area is 180 Å². The summed E-state index contributed by atoms with van der Waals surface area (Å²) in [6, 6.07) is 0. The molecule has 0 bridgehead atoms. The van der Waals surface area contributed by atoms with Crippen LogP contribution in [-0.2, 0) is 19.6 Å². The number of piperidine rings is 2. The third-order valence-electron chi connectivity index (χ3n) is 6.60. The molecule has 3 aliphatic heterocycles. The summed E-state index contributed by atoms with van der Waals surface area (Å²) in [7, 11) is -3.25. The van der Waals surface area contributed by atoms with Gasteiger partial charge in [0.05, 0.1) is 12.2 Å². The van der Waals surface area contributed by atoms with Crippen LogP contribution in [0.15, 0.2) is 0 Å². The molecule has 0 aromatic carbocycles. The summed E-state index contributed by atoms with van der Waals surface area (Å²) in [6.07, 6.45) is 5.37. The second-order valence-corrected chi connectivity index (χ2v) is 12.1. The van der Waals surface area contributed by atoms with Crippen molar-refractivity contribution in [3.05, 3.63) is 0 Å². The minimum atomic E-state index is -3.25. The highest BCUT2D eigenvalue weighted by atomic mass is 32.2. The molecule has 9 heteroatoms. The summed E-state index contributed by atoms with van der Waals surface area (Å²) in [5.74, 6) is 0.855. The average Bonchev–Trinajstić information content (AvgIpc) is 3.16. The molecule has 3 fully saturated rings. The average molecular weight is 444 g/mol. The van der Waals surface area contributed by atoms with Crippen molar-refractivity contribution in [1.29, 1.82) is 0 Å². The van der Waals surface area contributed by atoms with E-state index in [2.05, 4.69) is 0 Å². The smallest absolute Gasteiger partial charge is 0.410 e. The number of carbonyl (C=O) groups is 2. The molecule has 2 amide bonds. The van der Waals surface area contributed by atoms with Crippen LogP contribution in [0.2, 0.25) is 0 Å². The lowest BCUT2D eigenvalue weighted by molar-refractivity contribution is -0.138. The van der Waals surface area contributed by atoms with Crippen LogP contribution in [-0.4, -0.2) is 85.6 Å². The maximum atomic E-state index is 13.0. The van der Waals surface area contributed by atoms with Crippen LogP contribution >= 0.6 is 0 Å². The van der Waals surface area contributed by atoms with Crippen molar-refractivity contribution in [3.63, 3.8) is 0 Å². The molecule has 0 unspecified atom stereocenters. The number of carbonyl (C=O) groups excluding carboxylic acids is 2. The summed E-state index contributed by atoms with van der Waals surface area (Å²) in [5.41, 5.74) is -0.479. The minimum absolute atomic E-state index is 0.101. The highest BCUT2D eigenvalue weighted by molar-refractivity contribution is 7.88. The molecule has 0 saturated carbocycles. The van der Waals surface area contributed by atoms with Gasteiger partial charge in [-0.2, -0.15) is 0 Å². The molecule has 0 aromatic heterocycles. The maximum absolute atomic E-state index is 13.0. The highest BCUT2D eigenvalue weighted by Gasteiger charge is 2.38. The third kappa shape index (κ3) is 5.87. The first-order chi connectivity index (χ1) is 13.9. The Morgan fingerprint density at radius 2 is 1.47 bits per heavy atom. The molecule has 172 valence electrons. The predicted octanol–water partition coefficient (Wildman–Crippen LogP) is 2.15. The van der Waals surface area contributed by atoms with Crippen LogP contribution in [0.5, 0.6) is 0 Å². The molecule has 3 rings (SSSR count). The highest BCUT2D eigenvalue weighted by Crippen LogP contribution is 2.33. The first-order valence-corrected chi connectivity index (χ1v) is 13.0. The van der Waals surface area contributed by atoms with E-state index in [4.69, 9.17) is 4.74 Å². The van der Waals surface area contributed by atoms with Crippen LogP contribution in [0.25, 0.3) is 0 Å². The fraction of sp³-hybridized carbons (Fsp3) is 0.905. The van der Waals surface area contributed by atoms with E-state index in [-0.39, 0.29) is 17.9 Å². The fourth-order valence-electron chi connectivity index (χ4n) is 4.96. The molecule has 8 nitrogen and oxygen atoms in total. The van der Waals surface area contributed by atoms with Gasteiger partial charge in [0.2, 0.25) is 15.9 Å². The SMILES string of the molecule is CC(C)(C)OC(=O)N1CC[C@@H](C2CCN(C(=O)[C@@H]3CCCN(S(C)(=O)=O)C3)CC2)C1. The molecule has 2 atom stereocenters. The molecule has 3 heterocycles. The first kappa shape index (κ1) is 23.3.